The Bertz CT molecular complexity index is 645. The third-order valence-electron chi connectivity index (χ3n) is 2.52. The number of benzene rings is 1. The smallest absolute Gasteiger partial charge is 0.331 e. The molecule has 1 heterocycles. The van der Waals surface area contributed by atoms with Crippen molar-refractivity contribution in [2.24, 2.45) is 0 Å². The molecule has 104 valence electrons. The quantitative estimate of drug-likeness (QED) is 0.857. The molecule has 0 saturated heterocycles. The zero-order valence-electron chi connectivity index (χ0n) is 9.97. The molecule has 1 atom stereocenters. The Hall–Kier alpha value is -1.37. The topological polar surface area (TPSA) is 66.4 Å². The summed E-state index contributed by atoms with van der Waals surface area (Å²) in [5.41, 5.74) is 0.292. The van der Waals surface area contributed by atoms with Crippen LogP contribution in [-0.2, 0) is 4.79 Å². The lowest BCUT2D eigenvalue weighted by molar-refractivity contribution is -0.139. The maximum Gasteiger partial charge on any atom is 0.331 e. The second-order valence-corrected chi connectivity index (χ2v) is 6.15. The van der Waals surface area contributed by atoms with Crippen molar-refractivity contribution >= 4 is 50.7 Å². The van der Waals surface area contributed by atoms with E-state index in [0.29, 0.717) is 19.9 Å². The third kappa shape index (κ3) is 3.39. The van der Waals surface area contributed by atoms with E-state index in [-0.39, 0.29) is 0 Å². The van der Waals surface area contributed by atoms with Gasteiger partial charge in [-0.05, 0) is 45.6 Å². The summed E-state index contributed by atoms with van der Waals surface area (Å²) < 4.78 is 0.551. The van der Waals surface area contributed by atoms with E-state index in [0.717, 1.165) is 0 Å². The number of rotatable bonds is 4. The number of carbonyl (C=O) groups is 2. The van der Waals surface area contributed by atoms with Crippen molar-refractivity contribution in [1.29, 1.82) is 0 Å². The Labute approximate surface area is 132 Å². The number of carbonyl (C=O) groups excluding carboxylic acids is 1. The Morgan fingerprint density at radius 2 is 2.10 bits per heavy atom. The molecule has 1 aromatic carbocycles. The zero-order chi connectivity index (χ0) is 14.7. The van der Waals surface area contributed by atoms with Gasteiger partial charge >= 0.3 is 5.97 Å². The number of halogens is 2. The van der Waals surface area contributed by atoms with Crippen LogP contribution in [0.15, 0.2) is 40.2 Å². The first-order chi connectivity index (χ1) is 9.49. The lowest BCUT2D eigenvalue weighted by atomic mass is 10.2. The molecule has 7 heteroatoms. The lowest BCUT2D eigenvalue weighted by Crippen LogP contribution is -2.33. The van der Waals surface area contributed by atoms with E-state index < -0.39 is 17.9 Å². The fraction of sp³-hybridized carbons (Fsp3) is 0.0769. The van der Waals surface area contributed by atoms with Crippen LogP contribution < -0.4 is 5.32 Å². The monoisotopic (exact) mass is 373 g/mol. The second-order valence-electron chi connectivity index (χ2n) is 3.88. The molecule has 4 nitrogen and oxygen atoms in total. The van der Waals surface area contributed by atoms with Gasteiger partial charge in [0.1, 0.15) is 0 Å². The van der Waals surface area contributed by atoms with Crippen LogP contribution in [-0.4, -0.2) is 17.0 Å². The van der Waals surface area contributed by atoms with Gasteiger partial charge in [0, 0.05) is 14.4 Å². The van der Waals surface area contributed by atoms with Crippen LogP contribution in [0, 0.1) is 0 Å². The van der Waals surface area contributed by atoms with Gasteiger partial charge in [-0.15, -0.1) is 11.3 Å². The summed E-state index contributed by atoms with van der Waals surface area (Å²) >= 11 is 10.4. The van der Waals surface area contributed by atoms with Crippen molar-refractivity contribution in [2.75, 3.05) is 0 Å². The van der Waals surface area contributed by atoms with Gasteiger partial charge in [-0.25, -0.2) is 4.79 Å². The van der Waals surface area contributed by atoms with Crippen LogP contribution in [0.2, 0.25) is 5.02 Å². The number of hydrogen-bond donors (Lipinski definition) is 2. The maximum absolute atomic E-state index is 12.2. The molecule has 0 bridgehead atoms. The summed E-state index contributed by atoms with van der Waals surface area (Å²) in [6.45, 7) is 0. The van der Waals surface area contributed by atoms with E-state index >= 15 is 0 Å². The number of nitrogens with one attached hydrogen (secondary N) is 1. The van der Waals surface area contributed by atoms with Crippen molar-refractivity contribution in [3.63, 3.8) is 0 Å². The van der Waals surface area contributed by atoms with Gasteiger partial charge in [-0.2, -0.15) is 0 Å². The van der Waals surface area contributed by atoms with Crippen molar-refractivity contribution in [2.45, 2.75) is 6.04 Å². The number of thiophene rings is 1. The van der Waals surface area contributed by atoms with Crippen LogP contribution in [0.5, 0.6) is 0 Å². The van der Waals surface area contributed by atoms with Gasteiger partial charge in [-0.1, -0.05) is 17.7 Å². The van der Waals surface area contributed by atoms with Crippen molar-refractivity contribution in [3.05, 3.63) is 55.6 Å². The highest BCUT2D eigenvalue weighted by atomic mass is 79.9. The normalized spacial score (nSPS) is 11.9. The number of carboxylic acids is 1. The predicted molar refractivity (Wildman–Crippen MR) is 81.3 cm³/mol. The van der Waals surface area contributed by atoms with E-state index in [1.807, 2.05) is 0 Å². The summed E-state index contributed by atoms with van der Waals surface area (Å²) in [5, 5.41) is 13.9. The minimum atomic E-state index is -1.11. The lowest BCUT2D eigenvalue weighted by Gasteiger charge is -2.13. The summed E-state index contributed by atoms with van der Waals surface area (Å²) in [5.74, 6) is -1.61. The van der Waals surface area contributed by atoms with Gasteiger partial charge in [0.2, 0.25) is 0 Å². The Kier molecular flexibility index (Phi) is 4.80. The molecule has 0 radical (unpaired) electrons. The largest absolute Gasteiger partial charge is 0.479 e. The van der Waals surface area contributed by atoms with Crippen LogP contribution in [0.3, 0.4) is 0 Å². The van der Waals surface area contributed by atoms with E-state index in [2.05, 4.69) is 21.2 Å². The molecule has 2 aromatic rings. The fourth-order valence-electron chi connectivity index (χ4n) is 1.59. The first kappa shape index (κ1) is 15.0. The van der Waals surface area contributed by atoms with Crippen LogP contribution in [0.1, 0.15) is 21.3 Å². The molecule has 1 amide bonds. The molecule has 0 saturated carbocycles. The van der Waals surface area contributed by atoms with Crippen molar-refractivity contribution in [3.8, 4) is 0 Å². The second kappa shape index (κ2) is 6.39. The number of aliphatic carboxylic acids is 1. The molecule has 0 fully saturated rings. The first-order valence-electron chi connectivity index (χ1n) is 5.51. The summed E-state index contributed by atoms with van der Waals surface area (Å²) in [7, 11) is 0. The highest BCUT2D eigenvalue weighted by molar-refractivity contribution is 9.10. The molecule has 20 heavy (non-hydrogen) atoms. The highest BCUT2D eigenvalue weighted by Crippen LogP contribution is 2.24. The van der Waals surface area contributed by atoms with E-state index in [1.165, 1.54) is 17.4 Å². The molecular weight excluding hydrogens is 366 g/mol. The summed E-state index contributed by atoms with van der Waals surface area (Å²) in [6, 6.07) is 7.07. The maximum atomic E-state index is 12.2. The molecule has 1 unspecified atom stereocenters. The van der Waals surface area contributed by atoms with E-state index in [1.54, 1.807) is 29.6 Å². The molecule has 2 N–H and O–H groups in total. The van der Waals surface area contributed by atoms with Crippen LogP contribution in [0.25, 0.3) is 0 Å². The van der Waals surface area contributed by atoms with Crippen molar-refractivity contribution in [1.82, 2.24) is 5.32 Å². The van der Waals surface area contributed by atoms with Gasteiger partial charge < -0.3 is 10.4 Å². The molecule has 0 spiro atoms. The average molecular weight is 375 g/mol. The van der Waals surface area contributed by atoms with Gasteiger partial charge in [0.05, 0.1) is 5.56 Å². The van der Waals surface area contributed by atoms with E-state index in [4.69, 9.17) is 11.6 Å². The predicted octanol–water partition coefficient (Wildman–Crippen LogP) is 3.72. The number of carboxylic acid groups (broad SMARTS) is 1. The summed E-state index contributed by atoms with van der Waals surface area (Å²) in [6.07, 6.45) is 0. The Balaban J connectivity index is 2.25. The molecule has 2 rings (SSSR count). The Morgan fingerprint density at radius 1 is 1.35 bits per heavy atom. The standard InChI is InChI=1S/C13H9BrClNO3S/c14-9-4-3-7(15)6-8(9)12(17)16-11(13(18)19)10-2-1-5-20-10/h1-6,11H,(H,16,17)(H,18,19). The highest BCUT2D eigenvalue weighted by Gasteiger charge is 2.24. The summed E-state index contributed by atoms with van der Waals surface area (Å²) in [4.78, 5) is 24.0. The van der Waals surface area contributed by atoms with Crippen LogP contribution in [0.4, 0.5) is 0 Å². The van der Waals surface area contributed by atoms with Crippen LogP contribution >= 0.6 is 38.9 Å². The minimum Gasteiger partial charge on any atom is -0.479 e. The minimum absolute atomic E-state index is 0.292. The van der Waals surface area contributed by atoms with Gasteiger partial charge in [-0.3, -0.25) is 4.79 Å². The number of amides is 1. The van der Waals surface area contributed by atoms with Gasteiger partial charge in [0.25, 0.3) is 5.91 Å². The number of hydrogen-bond acceptors (Lipinski definition) is 3. The average Bonchev–Trinajstić information content (AvgIpc) is 2.91. The Morgan fingerprint density at radius 3 is 2.70 bits per heavy atom. The van der Waals surface area contributed by atoms with Gasteiger partial charge in [0.15, 0.2) is 6.04 Å². The molecule has 0 aliphatic rings. The van der Waals surface area contributed by atoms with E-state index in [9.17, 15) is 14.7 Å². The molecule has 1 aromatic heterocycles. The first-order valence-corrected chi connectivity index (χ1v) is 7.56. The molecule has 0 aliphatic carbocycles. The zero-order valence-corrected chi connectivity index (χ0v) is 13.1. The third-order valence-corrected chi connectivity index (χ3v) is 4.39. The fourth-order valence-corrected chi connectivity index (χ4v) is 2.96. The molecular formula is C13H9BrClNO3S. The van der Waals surface area contributed by atoms with Crippen molar-refractivity contribution < 1.29 is 14.7 Å². The molecule has 0 aliphatic heterocycles. The SMILES string of the molecule is O=C(NC(C(=O)O)c1cccs1)c1cc(Cl)ccc1Br.